The molecule has 0 aliphatic rings. The first-order valence-electron chi connectivity index (χ1n) is 20.7. The van der Waals surface area contributed by atoms with E-state index in [1.54, 1.807) is 0 Å². The van der Waals surface area contributed by atoms with Crippen LogP contribution in [0.5, 0.6) is 0 Å². The Kier molecular flexibility index (Phi) is 8.62. The van der Waals surface area contributed by atoms with Gasteiger partial charge < -0.3 is 4.90 Å². The van der Waals surface area contributed by atoms with Crippen molar-refractivity contribution in [3.05, 3.63) is 224 Å². The quantitative estimate of drug-likeness (QED) is 0.155. The number of anilines is 3. The van der Waals surface area contributed by atoms with Crippen molar-refractivity contribution in [2.75, 3.05) is 4.90 Å². The van der Waals surface area contributed by atoms with Crippen molar-refractivity contribution >= 4 is 90.9 Å². The van der Waals surface area contributed by atoms with Crippen molar-refractivity contribution in [3.8, 4) is 44.5 Å². The van der Waals surface area contributed by atoms with E-state index in [0.29, 0.717) is 0 Å². The monoisotopic (exact) mass is 811 g/mol. The molecule has 0 atom stereocenters. The van der Waals surface area contributed by atoms with E-state index in [0.717, 1.165) is 17.1 Å². The normalized spacial score (nSPS) is 11.6. The fraction of sp³-hybridized carbons (Fsp3) is 0. The molecule has 10 aromatic carbocycles. The molecule has 0 unspecified atom stereocenters. The van der Waals surface area contributed by atoms with E-state index in [1.165, 1.54) is 95.6 Å². The minimum absolute atomic E-state index is 1.10. The minimum atomic E-state index is 1.10. The van der Waals surface area contributed by atoms with Crippen molar-refractivity contribution in [1.29, 1.82) is 0 Å². The topological polar surface area (TPSA) is 3.24 Å². The summed E-state index contributed by atoms with van der Waals surface area (Å²) in [5.41, 5.74) is 13.0. The summed E-state index contributed by atoms with van der Waals surface area (Å²) >= 11 is 3.75. The molecule has 1 nitrogen and oxygen atoms in total. The number of fused-ring (bicyclic) bond motifs is 7. The summed E-state index contributed by atoms with van der Waals surface area (Å²) in [5, 5.41) is 7.77. The molecule has 3 heteroatoms. The van der Waals surface area contributed by atoms with Gasteiger partial charge in [0, 0.05) is 57.4 Å². The molecule has 0 radical (unpaired) electrons. The van der Waals surface area contributed by atoms with Gasteiger partial charge in [-0.1, -0.05) is 164 Å². The highest BCUT2D eigenvalue weighted by atomic mass is 32.1. The molecule has 0 aliphatic heterocycles. The van der Waals surface area contributed by atoms with Gasteiger partial charge in [0.05, 0.1) is 0 Å². The number of hydrogen-bond donors (Lipinski definition) is 0. The summed E-state index contributed by atoms with van der Waals surface area (Å²) in [6.07, 6.45) is 0. The third-order valence-electron chi connectivity index (χ3n) is 12.1. The summed E-state index contributed by atoms with van der Waals surface area (Å²) in [4.78, 5) is 2.41. The Morgan fingerprint density at radius 2 is 0.803 bits per heavy atom. The van der Waals surface area contributed by atoms with Gasteiger partial charge in [0.2, 0.25) is 0 Å². The van der Waals surface area contributed by atoms with Gasteiger partial charge in [-0.05, 0) is 116 Å². The van der Waals surface area contributed by atoms with E-state index in [2.05, 4.69) is 229 Å². The zero-order chi connectivity index (χ0) is 40.3. The van der Waals surface area contributed by atoms with Crippen LogP contribution in [0.25, 0.3) is 95.6 Å². The first-order chi connectivity index (χ1) is 30.2. The zero-order valence-electron chi connectivity index (χ0n) is 33.1. The molecule has 61 heavy (non-hydrogen) atoms. The summed E-state index contributed by atoms with van der Waals surface area (Å²) in [6.45, 7) is 0. The summed E-state index contributed by atoms with van der Waals surface area (Å²) < 4.78 is 5.29. The maximum absolute atomic E-state index is 2.41. The van der Waals surface area contributed by atoms with Gasteiger partial charge in [-0.3, -0.25) is 0 Å². The summed E-state index contributed by atoms with van der Waals surface area (Å²) in [5.74, 6) is 0. The van der Waals surface area contributed by atoms with Crippen LogP contribution in [-0.2, 0) is 0 Å². The van der Waals surface area contributed by atoms with Gasteiger partial charge in [0.15, 0.2) is 0 Å². The lowest BCUT2D eigenvalue weighted by molar-refractivity contribution is 1.28. The predicted octanol–water partition coefficient (Wildman–Crippen LogP) is 17.7. The maximum Gasteiger partial charge on any atom is 0.0467 e. The second-order valence-corrected chi connectivity index (χ2v) is 17.8. The molecule has 0 aliphatic carbocycles. The largest absolute Gasteiger partial charge is 0.310 e. The highest BCUT2D eigenvalue weighted by Gasteiger charge is 2.18. The predicted molar refractivity (Wildman–Crippen MR) is 266 cm³/mol. The summed E-state index contributed by atoms with van der Waals surface area (Å²) in [7, 11) is 0. The number of rotatable bonds is 7. The lowest BCUT2D eigenvalue weighted by atomic mass is 9.96. The average molecular weight is 812 g/mol. The molecule has 286 valence electrons. The van der Waals surface area contributed by atoms with Crippen molar-refractivity contribution in [2.24, 2.45) is 0 Å². The van der Waals surface area contributed by atoms with Crippen LogP contribution in [-0.4, -0.2) is 0 Å². The molecule has 2 heterocycles. The van der Waals surface area contributed by atoms with Crippen LogP contribution in [0.4, 0.5) is 17.1 Å². The Balaban J connectivity index is 0.983. The van der Waals surface area contributed by atoms with Gasteiger partial charge in [0.1, 0.15) is 0 Å². The number of hydrogen-bond acceptors (Lipinski definition) is 3. The first kappa shape index (κ1) is 35.6. The third-order valence-corrected chi connectivity index (χ3v) is 14.4. The van der Waals surface area contributed by atoms with E-state index in [-0.39, 0.29) is 0 Å². The number of thiophene rings is 2. The van der Waals surface area contributed by atoms with Crippen LogP contribution in [0, 0.1) is 0 Å². The molecule has 0 spiro atoms. The van der Waals surface area contributed by atoms with Crippen LogP contribution in [0.2, 0.25) is 0 Å². The van der Waals surface area contributed by atoms with E-state index in [4.69, 9.17) is 0 Å². The Labute approximate surface area is 362 Å². The van der Waals surface area contributed by atoms with E-state index in [9.17, 15) is 0 Å². The molecular formula is C58H37NS2. The molecule has 12 aromatic rings. The average Bonchev–Trinajstić information content (AvgIpc) is 3.91. The van der Waals surface area contributed by atoms with Gasteiger partial charge in [0.25, 0.3) is 0 Å². The SMILES string of the molecule is c1cc(-c2cccc(N(c3ccc(-c4cccc5sc6ccccc6c45)cc3)c3cccc(-c4cccc5ccccc45)c3)c2)cc(-c2cccc3c2sc2ccccc23)c1. The molecule has 0 saturated carbocycles. The highest BCUT2D eigenvalue weighted by molar-refractivity contribution is 7.26. The molecule has 0 saturated heterocycles. The van der Waals surface area contributed by atoms with Crippen LogP contribution in [0.3, 0.4) is 0 Å². The highest BCUT2D eigenvalue weighted by Crippen LogP contribution is 2.44. The fourth-order valence-electron chi connectivity index (χ4n) is 9.21. The molecule has 0 N–H and O–H groups in total. The van der Waals surface area contributed by atoms with Gasteiger partial charge >= 0.3 is 0 Å². The van der Waals surface area contributed by atoms with Crippen LogP contribution < -0.4 is 4.90 Å². The lowest BCUT2D eigenvalue weighted by Gasteiger charge is -2.27. The number of benzene rings is 10. The van der Waals surface area contributed by atoms with Gasteiger partial charge in [-0.2, -0.15) is 0 Å². The fourth-order valence-corrected chi connectivity index (χ4v) is 11.6. The van der Waals surface area contributed by atoms with Crippen molar-refractivity contribution in [1.82, 2.24) is 0 Å². The third kappa shape index (κ3) is 6.21. The Morgan fingerprint density at radius 1 is 0.279 bits per heavy atom. The smallest absolute Gasteiger partial charge is 0.0467 e. The first-order valence-corrected chi connectivity index (χ1v) is 22.4. The Bertz CT molecular complexity index is 3600. The molecule has 0 amide bonds. The van der Waals surface area contributed by atoms with Crippen molar-refractivity contribution < 1.29 is 0 Å². The number of nitrogens with zero attached hydrogens (tertiary/aromatic N) is 1. The van der Waals surface area contributed by atoms with Gasteiger partial charge in [-0.15, -0.1) is 22.7 Å². The summed E-state index contributed by atoms with van der Waals surface area (Å²) in [6, 6.07) is 82.4. The van der Waals surface area contributed by atoms with Crippen molar-refractivity contribution in [2.45, 2.75) is 0 Å². The molecular weight excluding hydrogens is 775 g/mol. The molecule has 12 rings (SSSR count). The second kappa shape index (κ2) is 14.8. The lowest BCUT2D eigenvalue weighted by Crippen LogP contribution is -2.10. The van der Waals surface area contributed by atoms with Crippen molar-refractivity contribution in [3.63, 3.8) is 0 Å². The molecule has 0 bridgehead atoms. The zero-order valence-corrected chi connectivity index (χ0v) is 34.8. The van der Waals surface area contributed by atoms with Crippen LogP contribution in [0.15, 0.2) is 224 Å². The Morgan fingerprint density at radius 3 is 1.62 bits per heavy atom. The van der Waals surface area contributed by atoms with Crippen LogP contribution in [0.1, 0.15) is 0 Å². The van der Waals surface area contributed by atoms with Crippen LogP contribution >= 0.6 is 22.7 Å². The van der Waals surface area contributed by atoms with Gasteiger partial charge in [-0.25, -0.2) is 0 Å². The van der Waals surface area contributed by atoms with E-state index in [1.807, 2.05) is 22.7 Å². The second-order valence-electron chi connectivity index (χ2n) is 15.6. The van der Waals surface area contributed by atoms with E-state index >= 15 is 0 Å². The standard InChI is InChI=1S/C58H37NS2/c1-2-21-47-38(13-1)14-10-24-48(47)43-18-9-20-46(37-43)59(44-33-31-39(32-34-44)49-25-12-30-56-57(49)53-23-4-6-29-55(53)60-56)45-19-8-16-41(36-45)40-15-7-17-42(35-40)50-26-11-27-52-51-22-3-5-28-54(51)61-58(50)52/h1-37H. The maximum atomic E-state index is 2.41. The van der Waals surface area contributed by atoms with E-state index < -0.39 is 0 Å². The molecule has 0 fully saturated rings. The minimum Gasteiger partial charge on any atom is -0.310 e. The Hall–Kier alpha value is -7.30. The molecule has 2 aromatic heterocycles.